The average molecular weight is 282 g/mol. The summed E-state index contributed by atoms with van der Waals surface area (Å²) in [5.74, 6) is -2.28. The van der Waals surface area contributed by atoms with Crippen LogP contribution >= 0.6 is 0 Å². The van der Waals surface area contributed by atoms with Crippen LogP contribution in [0, 0.1) is 5.82 Å². The molecule has 0 spiro atoms. The molecule has 1 fully saturated rings. The minimum atomic E-state index is -1.36. The zero-order valence-electron chi connectivity index (χ0n) is 10.9. The molecular weight excluding hydrogens is 267 g/mol. The molecule has 1 aromatic rings. The predicted octanol–water partition coefficient (Wildman–Crippen LogP) is 1.51. The van der Waals surface area contributed by atoms with E-state index in [9.17, 15) is 19.1 Å². The maximum absolute atomic E-state index is 13.5. The number of urea groups is 1. The quantitative estimate of drug-likeness (QED) is 0.767. The van der Waals surface area contributed by atoms with Gasteiger partial charge in [0.1, 0.15) is 5.82 Å². The summed E-state index contributed by atoms with van der Waals surface area (Å²) in [4.78, 5) is 24.0. The number of anilines is 1. The number of amides is 2. The predicted molar refractivity (Wildman–Crippen MR) is 69.2 cm³/mol. The van der Waals surface area contributed by atoms with Crippen molar-refractivity contribution in [2.75, 3.05) is 18.4 Å². The SMILES string of the molecule is CC1(O)CCN(C(=O)Nc2ccc(C(=O)O)c(F)c2)C1. The number of halogens is 1. The van der Waals surface area contributed by atoms with Crippen LogP contribution in [0.25, 0.3) is 0 Å². The lowest BCUT2D eigenvalue weighted by atomic mass is 10.1. The van der Waals surface area contributed by atoms with Crippen LogP contribution in [0.15, 0.2) is 18.2 Å². The molecule has 108 valence electrons. The van der Waals surface area contributed by atoms with Gasteiger partial charge in [0.2, 0.25) is 0 Å². The molecule has 0 saturated carbocycles. The molecule has 7 heteroatoms. The second kappa shape index (κ2) is 5.09. The number of aromatic carboxylic acids is 1. The summed E-state index contributed by atoms with van der Waals surface area (Å²) in [5, 5.41) is 21.0. The fraction of sp³-hybridized carbons (Fsp3) is 0.385. The highest BCUT2D eigenvalue weighted by Gasteiger charge is 2.34. The van der Waals surface area contributed by atoms with Crippen LogP contribution in [0.5, 0.6) is 0 Å². The Labute approximate surface area is 114 Å². The largest absolute Gasteiger partial charge is 0.478 e. The van der Waals surface area contributed by atoms with E-state index in [4.69, 9.17) is 5.11 Å². The van der Waals surface area contributed by atoms with Gasteiger partial charge >= 0.3 is 12.0 Å². The molecular formula is C13H15FN2O4. The third-order valence-electron chi connectivity index (χ3n) is 3.19. The van der Waals surface area contributed by atoms with Crippen molar-refractivity contribution in [2.45, 2.75) is 18.9 Å². The Kier molecular flexibility index (Phi) is 3.63. The minimum absolute atomic E-state index is 0.170. The number of benzene rings is 1. The number of nitrogens with one attached hydrogen (secondary N) is 1. The van der Waals surface area contributed by atoms with Crippen LogP contribution in [0.4, 0.5) is 14.9 Å². The zero-order chi connectivity index (χ0) is 14.9. The van der Waals surface area contributed by atoms with Crippen LogP contribution in [0.2, 0.25) is 0 Å². The van der Waals surface area contributed by atoms with E-state index in [1.165, 1.54) is 11.0 Å². The number of likely N-dealkylation sites (tertiary alicyclic amines) is 1. The van der Waals surface area contributed by atoms with Crippen molar-refractivity contribution >= 4 is 17.7 Å². The summed E-state index contributed by atoms with van der Waals surface area (Å²) in [6, 6.07) is 2.91. The molecule has 1 aliphatic heterocycles. The van der Waals surface area contributed by atoms with Gasteiger partial charge in [0.15, 0.2) is 0 Å². The number of nitrogens with zero attached hydrogens (tertiary/aromatic N) is 1. The summed E-state index contributed by atoms with van der Waals surface area (Å²) in [5.41, 5.74) is -1.19. The zero-order valence-corrected chi connectivity index (χ0v) is 10.9. The number of hydrogen-bond acceptors (Lipinski definition) is 3. The van der Waals surface area contributed by atoms with E-state index >= 15 is 0 Å². The van der Waals surface area contributed by atoms with Crippen molar-refractivity contribution in [1.82, 2.24) is 4.90 Å². The van der Waals surface area contributed by atoms with E-state index in [1.807, 2.05) is 0 Å². The van der Waals surface area contributed by atoms with Gasteiger partial charge in [-0.2, -0.15) is 0 Å². The molecule has 1 heterocycles. The summed E-state index contributed by atoms with van der Waals surface area (Å²) >= 11 is 0. The average Bonchev–Trinajstić information content (AvgIpc) is 2.69. The fourth-order valence-electron chi connectivity index (χ4n) is 2.09. The normalized spacial score (nSPS) is 21.9. The second-order valence-corrected chi connectivity index (χ2v) is 5.10. The maximum Gasteiger partial charge on any atom is 0.338 e. The molecule has 6 nitrogen and oxygen atoms in total. The molecule has 0 aromatic heterocycles. The van der Waals surface area contributed by atoms with Crippen molar-refractivity contribution < 1.29 is 24.2 Å². The van der Waals surface area contributed by atoms with E-state index < -0.39 is 29.0 Å². The first-order valence-corrected chi connectivity index (χ1v) is 6.10. The smallest absolute Gasteiger partial charge is 0.338 e. The number of rotatable bonds is 2. The van der Waals surface area contributed by atoms with Crippen LogP contribution in [0.3, 0.4) is 0 Å². The van der Waals surface area contributed by atoms with Gasteiger partial charge < -0.3 is 20.4 Å². The molecule has 3 N–H and O–H groups in total. The highest BCUT2D eigenvalue weighted by Crippen LogP contribution is 2.21. The highest BCUT2D eigenvalue weighted by atomic mass is 19.1. The standard InChI is InChI=1S/C13H15FN2O4/c1-13(20)4-5-16(7-13)12(19)15-8-2-3-9(11(17)18)10(14)6-8/h2-3,6,20H,4-5,7H2,1H3,(H,15,19)(H,17,18). The monoisotopic (exact) mass is 282 g/mol. The molecule has 1 aliphatic rings. The number of carboxylic acids is 1. The molecule has 2 amide bonds. The van der Waals surface area contributed by atoms with Gasteiger partial charge in [-0.1, -0.05) is 0 Å². The summed E-state index contributed by atoms with van der Waals surface area (Å²) in [7, 11) is 0. The Morgan fingerprint density at radius 3 is 2.65 bits per heavy atom. The van der Waals surface area contributed by atoms with E-state index in [1.54, 1.807) is 6.92 Å². The summed E-state index contributed by atoms with van der Waals surface area (Å²) < 4.78 is 13.5. The van der Waals surface area contributed by atoms with Gasteiger partial charge in [-0.25, -0.2) is 14.0 Å². The van der Waals surface area contributed by atoms with Crippen LogP contribution in [0.1, 0.15) is 23.7 Å². The molecule has 0 bridgehead atoms. The highest BCUT2D eigenvalue weighted by molar-refractivity contribution is 5.92. The summed E-state index contributed by atoms with van der Waals surface area (Å²) in [6.45, 7) is 2.25. The van der Waals surface area contributed by atoms with Crippen molar-refractivity contribution in [3.05, 3.63) is 29.6 Å². The van der Waals surface area contributed by atoms with E-state index in [0.717, 1.165) is 12.1 Å². The Morgan fingerprint density at radius 1 is 1.45 bits per heavy atom. The summed E-state index contributed by atoms with van der Waals surface area (Å²) in [6.07, 6.45) is 0.479. The number of carbonyl (C=O) groups excluding carboxylic acids is 1. The molecule has 1 saturated heterocycles. The lowest BCUT2D eigenvalue weighted by Gasteiger charge is -2.19. The van der Waals surface area contributed by atoms with Gasteiger partial charge in [-0.3, -0.25) is 0 Å². The van der Waals surface area contributed by atoms with Gasteiger partial charge in [-0.15, -0.1) is 0 Å². The first kappa shape index (κ1) is 14.3. The number of hydrogen-bond donors (Lipinski definition) is 3. The number of carboxylic acid groups (broad SMARTS) is 1. The Morgan fingerprint density at radius 2 is 2.15 bits per heavy atom. The van der Waals surface area contributed by atoms with Crippen molar-refractivity contribution in [2.24, 2.45) is 0 Å². The maximum atomic E-state index is 13.5. The van der Waals surface area contributed by atoms with Gasteiger partial charge in [0.25, 0.3) is 0 Å². The second-order valence-electron chi connectivity index (χ2n) is 5.10. The molecule has 2 rings (SSSR count). The van der Waals surface area contributed by atoms with Crippen molar-refractivity contribution in [3.63, 3.8) is 0 Å². The fourth-order valence-corrected chi connectivity index (χ4v) is 2.09. The van der Waals surface area contributed by atoms with E-state index in [-0.39, 0.29) is 12.2 Å². The van der Waals surface area contributed by atoms with Crippen LogP contribution in [-0.4, -0.2) is 45.8 Å². The molecule has 20 heavy (non-hydrogen) atoms. The number of carbonyl (C=O) groups is 2. The Bertz CT molecular complexity index is 559. The molecule has 1 aromatic carbocycles. The molecule has 0 radical (unpaired) electrons. The third-order valence-corrected chi connectivity index (χ3v) is 3.19. The first-order valence-electron chi connectivity index (χ1n) is 6.10. The molecule has 1 atom stereocenters. The van der Waals surface area contributed by atoms with Gasteiger partial charge in [-0.05, 0) is 31.5 Å². The number of aliphatic hydroxyl groups is 1. The van der Waals surface area contributed by atoms with Crippen molar-refractivity contribution in [1.29, 1.82) is 0 Å². The third kappa shape index (κ3) is 3.05. The first-order chi connectivity index (χ1) is 9.28. The van der Waals surface area contributed by atoms with E-state index in [0.29, 0.717) is 13.0 Å². The topological polar surface area (TPSA) is 89.9 Å². The Hall–Kier alpha value is -2.15. The van der Waals surface area contributed by atoms with Crippen LogP contribution in [-0.2, 0) is 0 Å². The van der Waals surface area contributed by atoms with Crippen molar-refractivity contribution in [3.8, 4) is 0 Å². The van der Waals surface area contributed by atoms with Crippen LogP contribution < -0.4 is 5.32 Å². The van der Waals surface area contributed by atoms with E-state index in [2.05, 4.69) is 5.32 Å². The molecule has 0 aliphatic carbocycles. The number of β-amino-alcohol motifs (C(OH)–C–C–N with tert-alkyl or cyclic N) is 1. The lowest BCUT2D eigenvalue weighted by Crippen LogP contribution is -2.36. The van der Waals surface area contributed by atoms with Gasteiger partial charge in [0.05, 0.1) is 17.7 Å². The van der Waals surface area contributed by atoms with Gasteiger partial charge in [0, 0.05) is 12.2 Å². The lowest BCUT2D eigenvalue weighted by molar-refractivity contribution is 0.0690. The Balaban J connectivity index is 2.05. The minimum Gasteiger partial charge on any atom is -0.478 e. The molecule has 1 unspecified atom stereocenters.